The number of nitrogens with zero attached hydrogens (tertiary/aromatic N) is 3. The molecule has 3 saturated heterocycles. The molecule has 3 fully saturated rings. The number of pyridine rings is 1. The van der Waals surface area contributed by atoms with Gasteiger partial charge in [0.2, 0.25) is 0 Å². The fourth-order valence-corrected chi connectivity index (χ4v) is 4.10. The Morgan fingerprint density at radius 3 is 2.85 bits per heavy atom. The molecule has 0 aromatic carbocycles. The van der Waals surface area contributed by atoms with Gasteiger partial charge in [-0.3, -0.25) is 19.5 Å². The van der Waals surface area contributed by atoms with E-state index >= 15 is 0 Å². The monoisotopic (exact) mass is 368 g/mol. The summed E-state index contributed by atoms with van der Waals surface area (Å²) in [7, 11) is 1.59. The van der Waals surface area contributed by atoms with E-state index in [0.717, 1.165) is 31.7 Å². The number of nitrogens with one attached hydrogen (secondary N) is 1. The van der Waals surface area contributed by atoms with Crippen LogP contribution in [-0.4, -0.2) is 59.3 Å². The van der Waals surface area contributed by atoms with Crippen LogP contribution in [0.15, 0.2) is 40.9 Å². The van der Waals surface area contributed by atoms with Gasteiger partial charge in [-0.15, -0.1) is 0 Å². The number of amides is 2. The predicted octanol–water partition coefficient (Wildman–Crippen LogP) is 1.77. The van der Waals surface area contributed by atoms with Gasteiger partial charge >= 0.3 is 0 Å². The van der Waals surface area contributed by atoms with Crippen LogP contribution in [0.2, 0.25) is 0 Å². The Morgan fingerprint density at radius 1 is 1.19 bits per heavy atom. The largest absolute Gasteiger partial charge is 0.455 e. The molecule has 3 aliphatic rings. The highest BCUT2D eigenvalue weighted by atomic mass is 16.4. The van der Waals surface area contributed by atoms with Gasteiger partial charge < -0.3 is 14.6 Å². The van der Waals surface area contributed by atoms with Crippen LogP contribution < -0.4 is 5.32 Å². The van der Waals surface area contributed by atoms with E-state index in [1.54, 1.807) is 25.4 Å². The molecule has 7 heteroatoms. The van der Waals surface area contributed by atoms with Gasteiger partial charge in [-0.25, -0.2) is 0 Å². The fourth-order valence-electron chi connectivity index (χ4n) is 4.10. The highest BCUT2D eigenvalue weighted by molar-refractivity contribution is 5.92. The molecule has 27 heavy (non-hydrogen) atoms. The summed E-state index contributed by atoms with van der Waals surface area (Å²) in [6.07, 6.45) is 3.86. The summed E-state index contributed by atoms with van der Waals surface area (Å²) < 4.78 is 5.69. The van der Waals surface area contributed by atoms with Gasteiger partial charge in [0.05, 0.1) is 6.54 Å². The molecule has 5 heterocycles. The molecular weight excluding hydrogens is 344 g/mol. The summed E-state index contributed by atoms with van der Waals surface area (Å²) in [6, 6.07) is 9.31. The van der Waals surface area contributed by atoms with Crippen molar-refractivity contribution in [3.8, 4) is 0 Å². The number of furan rings is 1. The molecule has 2 amide bonds. The number of hydrogen-bond acceptors (Lipinski definition) is 5. The zero-order valence-electron chi connectivity index (χ0n) is 15.4. The second kappa shape index (κ2) is 7.52. The van der Waals surface area contributed by atoms with Crippen molar-refractivity contribution in [3.05, 3.63) is 53.7 Å². The third kappa shape index (κ3) is 3.73. The van der Waals surface area contributed by atoms with Crippen molar-refractivity contribution in [1.29, 1.82) is 0 Å². The van der Waals surface area contributed by atoms with Crippen molar-refractivity contribution >= 4 is 11.8 Å². The molecule has 2 bridgehead atoms. The third-order valence-corrected chi connectivity index (χ3v) is 5.47. The van der Waals surface area contributed by atoms with Crippen molar-refractivity contribution < 1.29 is 14.0 Å². The van der Waals surface area contributed by atoms with Crippen LogP contribution in [-0.2, 0) is 6.54 Å². The van der Waals surface area contributed by atoms with Gasteiger partial charge in [0.15, 0.2) is 5.76 Å². The molecular formula is C20H24N4O3. The van der Waals surface area contributed by atoms with Gasteiger partial charge in [0.25, 0.3) is 11.8 Å². The van der Waals surface area contributed by atoms with E-state index in [0.29, 0.717) is 36.5 Å². The van der Waals surface area contributed by atoms with E-state index in [9.17, 15) is 9.59 Å². The maximum Gasteiger partial charge on any atom is 0.286 e. The molecule has 0 radical (unpaired) electrons. The predicted molar refractivity (Wildman–Crippen MR) is 99.2 cm³/mol. The lowest BCUT2D eigenvalue weighted by atomic mass is 9.95. The number of aromatic nitrogens is 1. The standard InChI is InChI=1S/C20H24N4O3/c1-21-19(25)18-8-7-16(27-18)13-23-10-14-5-6-15(23)12-24(11-14)20(26)17-4-2-3-9-22-17/h2-4,7-9,14-15H,5-6,10-13H2,1H3,(H,21,25). The van der Waals surface area contributed by atoms with Crippen LogP contribution in [0.3, 0.4) is 0 Å². The first-order chi connectivity index (χ1) is 13.1. The molecule has 2 unspecified atom stereocenters. The smallest absolute Gasteiger partial charge is 0.286 e. The maximum absolute atomic E-state index is 12.8. The number of carbonyl (C=O) groups is 2. The fraction of sp³-hybridized carbons (Fsp3) is 0.450. The lowest BCUT2D eigenvalue weighted by Gasteiger charge is -2.35. The quantitative estimate of drug-likeness (QED) is 0.890. The van der Waals surface area contributed by atoms with E-state index in [2.05, 4.69) is 15.2 Å². The van der Waals surface area contributed by atoms with Crippen molar-refractivity contribution in [2.75, 3.05) is 26.7 Å². The van der Waals surface area contributed by atoms with Gasteiger partial charge in [-0.05, 0) is 43.0 Å². The molecule has 2 aromatic heterocycles. The molecule has 142 valence electrons. The van der Waals surface area contributed by atoms with E-state index in [-0.39, 0.29) is 11.8 Å². The van der Waals surface area contributed by atoms with Gasteiger partial charge in [0.1, 0.15) is 11.5 Å². The summed E-state index contributed by atoms with van der Waals surface area (Å²) in [5.41, 5.74) is 0.506. The number of fused-ring (bicyclic) bond motifs is 4. The zero-order valence-corrected chi connectivity index (χ0v) is 15.4. The van der Waals surface area contributed by atoms with Crippen LogP contribution in [0.1, 0.15) is 39.6 Å². The Morgan fingerprint density at radius 2 is 2.07 bits per heavy atom. The van der Waals surface area contributed by atoms with Gasteiger partial charge in [-0.1, -0.05) is 6.07 Å². The normalized spacial score (nSPS) is 22.5. The van der Waals surface area contributed by atoms with Gasteiger partial charge in [0, 0.05) is 38.9 Å². The summed E-state index contributed by atoms with van der Waals surface area (Å²) in [6.45, 7) is 3.06. The molecule has 2 aromatic rings. The molecule has 2 atom stereocenters. The first-order valence-corrected chi connectivity index (χ1v) is 9.39. The highest BCUT2D eigenvalue weighted by Crippen LogP contribution is 2.30. The molecule has 0 saturated carbocycles. The average Bonchev–Trinajstić information content (AvgIpc) is 2.98. The highest BCUT2D eigenvalue weighted by Gasteiger charge is 2.37. The first-order valence-electron chi connectivity index (χ1n) is 9.39. The zero-order chi connectivity index (χ0) is 18.8. The lowest BCUT2D eigenvalue weighted by Crippen LogP contribution is -2.43. The molecule has 0 spiro atoms. The SMILES string of the molecule is CNC(=O)c1ccc(CN2CC3CCC2CN(C(=O)c2ccccn2)C3)o1. The second-order valence-electron chi connectivity index (χ2n) is 7.30. The topological polar surface area (TPSA) is 78.7 Å². The Labute approximate surface area is 158 Å². The van der Waals surface area contributed by atoms with Crippen molar-refractivity contribution in [1.82, 2.24) is 20.1 Å². The Balaban J connectivity index is 1.46. The maximum atomic E-state index is 12.8. The van der Waals surface area contributed by atoms with E-state index in [1.807, 2.05) is 23.1 Å². The third-order valence-electron chi connectivity index (χ3n) is 5.47. The first kappa shape index (κ1) is 17.7. The Bertz CT molecular complexity index is 820. The number of carbonyl (C=O) groups excluding carboxylic acids is 2. The summed E-state index contributed by atoms with van der Waals surface area (Å²) in [4.78, 5) is 33.1. The molecule has 0 aliphatic carbocycles. The van der Waals surface area contributed by atoms with Crippen molar-refractivity contribution in [2.45, 2.75) is 25.4 Å². The van der Waals surface area contributed by atoms with Crippen LogP contribution in [0.4, 0.5) is 0 Å². The number of piperidine rings is 1. The summed E-state index contributed by atoms with van der Waals surface area (Å²) >= 11 is 0. The minimum absolute atomic E-state index is 0.00857. The minimum Gasteiger partial charge on any atom is -0.455 e. The second-order valence-corrected chi connectivity index (χ2v) is 7.30. The average molecular weight is 368 g/mol. The van der Waals surface area contributed by atoms with E-state index in [4.69, 9.17) is 4.42 Å². The van der Waals surface area contributed by atoms with Gasteiger partial charge in [-0.2, -0.15) is 0 Å². The Kier molecular flexibility index (Phi) is 4.94. The minimum atomic E-state index is -0.217. The van der Waals surface area contributed by atoms with E-state index < -0.39 is 0 Å². The Hall–Kier alpha value is -2.67. The molecule has 5 rings (SSSR count). The lowest BCUT2D eigenvalue weighted by molar-refractivity contribution is 0.0726. The van der Waals surface area contributed by atoms with Crippen molar-refractivity contribution in [2.24, 2.45) is 5.92 Å². The summed E-state index contributed by atoms with van der Waals surface area (Å²) in [5, 5.41) is 2.57. The van der Waals surface area contributed by atoms with Crippen LogP contribution >= 0.6 is 0 Å². The van der Waals surface area contributed by atoms with Crippen LogP contribution in [0.5, 0.6) is 0 Å². The van der Waals surface area contributed by atoms with Crippen molar-refractivity contribution in [3.63, 3.8) is 0 Å². The molecule has 7 nitrogen and oxygen atoms in total. The number of rotatable bonds is 4. The number of hydrogen-bond donors (Lipinski definition) is 1. The van der Waals surface area contributed by atoms with Crippen LogP contribution in [0.25, 0.3) is 0 Å². The molecule has 1 N–H and O–H groups in total. The van der Waals surface area contributed by atoms with Crippen LogP contribution in [0, 0.1) is 5.92 Å². The molecule has 3 aliphatic heterocycles. The van der Waals surface area contributed by atoms with E-state index in [1.165, 1.54) is 0 Å². The summed E-state index contributed by atoms with van der Waals surface area (Å²) in [5.74, 6) is 1.35.